The fourth-order valence-corrected chi connectivity index (χ4v) is 3.15. The molecule has 0 aromatic heterocycles. The molecule has 1 unspecified atom stereocenters. The van der Waals surface area contributed by atoms with Gasteiger partial charge in [0.2, 0.25) is 0 Å². The van der Waals surface area contributed by atoms with Crippen LogP contribution < -0.4 is 9.64 Å². The van der Waals surface area contributed by atoms with Crippen molar-refractivity contribution >= 4 is 21.6 Å². The Labute approximate surface area is 128 Å². The number of rotatable bonds is 3. The first-order valence-corrected chi connectivity index (χ1v) is 7.73. The van der Waals surface area contributed by atoms with Crippen LogP contribution >= 0.6 is 15.9 Å². The van der Waals surface area contributed by atoms with Crippen LogP contribution in [0.2, 0.25) is 0 Å². The molecule has 0 N–H and O–H groups in total. The van der Waals surface area contributed by atoms with Gasteiger partial charge in [0.25, 0.3) is 0 Å². The molecule has 0 amide bonds. The maximum absolute atomic E-state index is 5.23. The fourth-order valence-electron chi connectivity index (χ4n) is 2.88. The molecule has 20 heavy (non-hydrogen) atoms. The van der Waals surface area contributed by atoms with E-state index in [1.807, 2.05) is 12.1 Å². The summed E-state index contributed by atoms with van der Waals surface area (Å²) in [4.78, 5) is 2.49. The molecule has 1 aliphatic rings. The van der Waals surface area contributed by atoms with E-state index in [2.05, 4.69) is 57.2 Å². The van der Waals surface area contributed by atoms with Gasteiger partial charge in [0.15, 0.2) is 0 Å². The predicted molar refractivity (Wildman–Crippen MR) is 86.5 cm³/mol. The number of anilines is 1. The predicted octanol–water partition coefficient (Wildman–Crippen LogP) is 4.80. The molecule has 0 spiro atoms. The third-order valence-corrected chi connectivity index (χ3v) is 4.44. The molecule has 2 aromatic rings. The van der Waals surface area contributed by atoms with E-state index in [0.29, 0.717) is 6.04 Å². The lowest BCUT2D eigenvalue weighted by atomic mass is 10.0. The highest BCUT2D eigenvalue weighted by atomic mass is 79.9. The van der Waals surface area contributed by atoms with Crippen molar-refractivity contribution in [2.45, 2.75) is 18.9 Å². The molecule has 3 heteroatoms. The van der Waals surface area contributed by atoms with Crippen LogP contribution in [-0.2, 0) is 0 Å². The number of hydrogen-bond donors (Lipinski definition) is 0. The SMILES string of the molecule is COc1ccc(N2CCCC2c2ccc(Br)cc2)cc1. The van der Waals surface area contributed by atoms with Crippen molar-refractivity contribution in [1.29, 1.82) is 0 Å². The molecule has 0 bridgehead atoms. The average molecular weight is 332 g/mol. The fraction of sp³-hybridized carbons (Fsp3) is 0.294. The van der Waals surface area contributed by atoms with E-state index >= 15 is 0 Å². The second-order valence-electron chi connectivity index (χ2n) is 5.10. The highest BCUT2D eigenvalue weighted by Crippen LogP contribution is 2.36. The van der Waals surface area contributed by atoms with Gasteiger partial charge >= 0.3 is 0 Å². The van der Waals surface area contributed by atoms with Gasteiger partial charge in [-0.1, -0.05) is 28.1 Å². The minimum Gasteiger partial charge on any atom is -0.497 e. The Hall–Kier alpha value is -1.48. The number of ether oxygens (including phenoxy) is 1. The van der Waals surface area contributed by atoms with Crippen LogP contribution in [0.4, 0.5) is 5.69 Å². The normalized spacial score (nSPS) is 18.3. The van der Waals surface area contributed by atoms with Crippen molar-refractivity contribution in [1.82, 2.24) is 0 Å². The molecule has 1 aliphatic heterocycles. The standard InChI is InChI=1S/C17H18BrNO/c1-20-16-10-8-15(9-11-16)19-12-2-3-17(19)13-4-6-14(18)7-5-13/h4-11,17H,2-3,12H2,1H3. The van der Waals surface area contributed by atoms with Crippen LogP contribution in [0.5, 0.6) is 5.75 Å². The minimum atomic E-state index is 0.483. The highest BCUT2D eigenvalue weighted by molar-refractivity contribution is 9.10. The van der Waals surface area contributed by atoms with E-state index < -0.39 is 0 Å². The summed E-state index contributed by atoms with van der Waals surface area (Å²) in [6.07, 6.45) is 2.46. The smallest absolute Gasteiger partial charge is 0.119 e. The zero-order chi connectivity index (χ0) is 13.9. The molecule has 1 heterocycles. The second-order valence-corrected chi connectivity index (χ2v) is 6.02. The van der Waals surface area contributed by atoms with Gasteiger partial charge < -0.3 is 9.64 Å². The minimum absolute atomic E-state index is 0.483. The molecular weight excluding hydrogens is 314 g/mol. The zero-order valence-electron chi connectivity index (χ0n) is 11.6. The van der Waals surface area contributed by atoms with Gasteiger partial charge in [-0.2, -0.15) is 0 Å². The van der Waals surface area contributed by atoms with Crippen LogP contribution in [0.1, 0.15) is 24.4 Å². The Morgan fingerprint density at radius 2 is 1.75 bits per heavy atom. The maximum atomic E-state index is 5.23. The van der Waals surface area contributed by atoms with Crippen molar-refractivity contribution in [2.24, 2.45) is 0 Å². The second kappa shape index (κ2) is 5.88. The third-order valence-electron chi connectivity index (χ3n) is 3.91. The van der Waals surface area contributed by atoms with Crippen molar-refractivity contribution < 1.29 is 4.74 Å². The first-order chi connectivity index (χ1) is 9.78. The summed E-state index contributed by atoms with van der Waals surface area (Å²) >= 11 is 3.50. The van der Waals surface area contributed by atoms with E-state index in [1.54, 1.807) is 7.11 Å². The summed E-state index contributed by atoms with van der Waals surface area (Å²) < 4.78 is 6.37. The summed E-state index contributed by atoms with van der Waals surface area (Å²) in [6.45, 7) is 1.12. The van der Waals surface area contributed by atoms with E-state index in [1.165, 1.54) is 24.1 Å². The lowest BCUT2D eigenvalue weighted by Gasteiger charge is -2.27. The number of hydrogen-bond acceptors (Lipinski definition) is 2. The zero-order valence-corrected chi connectivity index (χ0v) is 13.1. The highest BCUT2D eigenvalue weighted by Gasteiger charge is 2.26. The monoisotopic (exact) mass is 331 g/mol. The topological polar surface area (TPSA) is 12.5 Å². The summed E-state index contributed by atoms with van der Waals surface area (Å²) in [5, 5.41) is 0. The van der Waals surface area contributed by atoms with Crippen LogP contribution in [0.25, 0.3) is 0 Å². The Morgan fingerprint density at radius 3 is 2.40 bits per heavy atom. The number of halogens is 1. The molecule has 0 aliphatic carbocycles. The first-order valence-electron chi connectivity index (χ1n) is 6.94. The van der Waals surface area contributed by atoms with Crippen LogP contribution in [0, 0.1) is 0 Å². The van der Waals surface area contributed by atoms with Crippen molar-refractivity contribution in [3.8, 4) is 5.75 Å². The van der Waals surface area contributed by atoms with Crippen LogP contribution in [0.15, 0.2) is 53.0 Å². The summed E-state index contributed by atoms with van der Waals surface area (Å²) in [5.41, 5.74) is 2.66. The quantitative estimate of drug-likeness (QED) is 0.801. The lowest BCUT2D eigenvalue weighted by Crippen LogP contribution is -2.22. The molecule has 2 nitrogen and oxygen atoms in total. The Kier molecular flexibility index (Phi) is 3.97. The van der Waals surface area contributed by atoms with E-state index in [-0.39, 0.29) is 0 Å². The lowest BCUT2D eigenvalue weighted by molar-refractivity contribution is 0.415. The molecule has 2 aromatic carbocycles. The Bertz CT molecular complexity index is 565. The summed E-state index contributed by atoms with van der Waals surface area (Å²) in [5.74, 6) is 0.910. The van der Waals surface area contributed by atoms with E-state index in [4.69, 9.17) is 4.74 Å². The number of nitrogens with zero attached hydrogens (tertiary/aromatic N) is 1. The molecular formula is C17H18BrNO. The average Bonchev–Trinajstić information content (AvgIpc) is 2.97. The first kappa shape index (κ1) is 13.5. The van der Waals surface area contributed by atoms with Gasteiger partial charge in [-0.05, 0) is 54.8 Å². The van der Waals surface area contributed by atoms with Gasteiger partial charge in [0.05, 0.1) is 13.2 Å². The van der Waals surface area contributed by atoms with Gasteiger partial charge in [-0.25, -0.2) is 0 Å². The maximum Gasteiger partial charge on any atom is 0.119 e. The Balaban J connectivity index is 1.86. The summed E-state index contributed by atoms with van der Waals surface area (Å²) in [7, 11) is 1.70. The number of methoxy groups -OCH3 is 1. The molecule has 0 radical (unpaired) electrons. The van der Waals surface area contributed by atoms with Crippen molar-refractivity contribution in [3.05, 3.63) is 58.6 Å². The Morgan fingerprint density at radius 1 is 1.05 bits per heavy atom. The van der Waals surface area contributed by atoms with Gasteiger partial charge in [-0.15, -0.1) is 0 Å². The molecule has 0 saturated carbocycles. The van der Waals surface area contributed by atoms with Crippen LogP contribution in [-0.4, -0.2) is 13.7 Å². The molecule has 1 fully saturated rings. The van der Waals surface area contributed by atoms with Gasteiger partial charge in [0, 0.05) is 16.7 Å². The summed E-state index contributed by atoms with van der Waals surface area (Å²) in [6, 6.07) is 17.5. The molecule has 104 valence electrons. The van der Waals surface area contributed by atoms with E-state index in [0.717, 1.165) is 16.8 Å². The largest absolute Gasteiger partial charge is 0.497 e. The molecule has 1 saturated heterocycles. The third kappa shape index (κ3) is 2.68. The van der Waals surface area contributed by atoms with Gasteiger partial charge in [0.1, 0.15) is 5.75 Å². The van der Waals surface area contributed by atoms with Crippen molar-refractivity contribution in [3.63, 3.8) is 0 Å². The van der Waals surface area contributed by atoms with Crippen LogP contribution in [0.3, 0.4) is 0 Å². The molecule has 3 rings (SSSR count). The number of benzene rings is 2. The molecule has 1 atom stereocenters. The van der Waals surface area contributed by atoms with Crippen molar-refractivity contribution in [2.75, 3.05) is 18.6 Å². The van der Waals surface area contributed by atoms with Gasteiger partial charge in [-0.3, -0.25) is 0 Å². The van der Waals surface area contributed by atoms with E-state index in [9.17, 15) is 0 Å².